The van der Waals surface area contributed by atoms with Crippen LogP contribution in [0.25, 0.3) is 0 Å². The number of benzene rings is 1. The third kappa shape index (κ3) is 2.19. The Morgan fingerprint density at radius 3 is 2.73 bits per heavy atom. The number of anilines is 1. The third-order valence-electron chi connectivity index (χ3n) is 1.47. The van der Waals surface area contributed by atoms with Gasteiger partial charge in [-0.05, 0) is 24.1 Å². The molecule has 60 valence electrons. The van der Waals surface area contributed by atoms with E-state index in [0.29, 0.717) is 5.69 Å². The number of halogens is 2. The van der Waals surface area contributed by atoms with Gasteiger partial charge in [-0.15, -0.1) is 0 Å². The van der Waals surface area contributed by atoms with Crippen LogP contribution >= 0.6 is 15.9 Å². The predicted octanol–water partition coefficient (Wildman–Crippen LogP) is 2.35. The summed E-state index contributed by atoms with van der Waals surface area (Å²) in [5.74, 6) is -0.277. The van der Waals surface area contributed by atoms with Gasteiger partial charge in [0.15, 0.2) is 0 Å². The second-order valence-electron chi connectivity index (χ2n) is 2.28. The van der Waals surface area contributed by atoms with E-state index in [-0.39, 0.29) is 5.82 Å². The zero-order valence-electron chi connectivity index (χ0n) is 5.98. The Hall–Kier alpha value is -0.570. The Morgan fingerprint density at radius 2 is 2.18 bits per heavy atom. The first kappa shape index (κ1) is 8.53. The van der Waals surface area contributed by atoms with Crippen molar-refractivity contribution in [2.75, 3.05) is 11.1 Å². The lowest BCUT2D eigenvalue weighted by Crippen LogP contribution is -1.95. The monoisotopic (exact) mass is 217 g/mol. The molecule has 0 fully saturated rings. The second kappa shape index (κ2) is 3.72. The van der Waals surface area contributed by atoms with E-state index in [4.69, 9.17) is 5.73 Å². The van der Waals surface area contributed by atoms with E-state index in [9.17, 15) is 4.39 Å². The molecule has 1 aromatic rings. The Balaban J connectivity index is 2.90. The Labute approximate surface area is 73.5 Å². The minimum atomic E-state index is -0.277. The standard InChI is InChI=1S/C8H9BrFN/c9-4-3-6-1-2-7(10)5-8(6)11/h1-2,5H,3-4,11H2. The van der Waals surface area contributed by atoms with Crippen molar-refractivity contribution in [2.45, 2.75) is 6.42 Å². The summed E-state index contributed by atoms with van der Waals surface area (Å²) >= 11 is 3.29. The van der Waals surface area contributed by atoms with Crippen LogP contribution in [0.4, 0.5) is 10.1 Å². The minimum Gasteiger partial charge on any atom is -0.398 e. The summed E-state index contributed by atoms with van der Waals surface area (Å²) in [6, 6.07) is 4.48. The molecule has 1 rings (SSSR count). The topological polar surface area (TPSA) is 26.0 Å². The molecule has 3 heteroatoms. The number of aryl methyl sites for hydroxylation is 1. The maximum absolute atomic E-state index is 12.5. The summed E-state index contributed by atoms with van der Waals surface area (Å²) in [5.41, 5.74) is 7.07. The molecule has 0 radical (unpaired) electrons. The fraction of sp³-hybridized carbons (Fsp3) is 0.250. The smallest absolute Gasteiger partial charge is 0.125 e. The molecule has 0 aliphatic heterocycles. The first-order chi connectivity index (χ1) is 5.24. The van der Waals surface area contributed by atoms with Crippen molar-refractivity contribution < 1.29 is 4.39 Å². The highest BCUT2D eigenvalue weighted by atomic mass is 79.9. The third-order valence-corrected chi connectivity index (χ3v) is 1.87. The first-order valence-electron chi connectivity index (χ1n) is 3.34. The molecule has 0 aromatic heterocycles. The highest BCUT2D eigenvalue weighted by Gasteiger charge is 1.98. The quantitative estimate of drug-likeness (QED) is 0.598. The lowest BCUT2D eigenvalue weighted by atomic mass is 10.1. The van der Waals surface area contributed by atoms with Crippen LogP contribution in [0.2, 0.25) is 0 Å². The fourth-order valence-corrected chi connectivity index (χ4v) is 1.32. The van der Waals surface area contributed by atoms with E-state index in [2.05, 4.69) is 15.9 Å². The number of rotatable bonds is 2. The van der Waals surface area contributed by atoms with E-state index in [1.165, 1.54) is 12.1 Å². The van der Waals surface area contributed by atoms with Crippen LogP contribution in [0, 0.1) is 5.82 Å². The second-order valence-corrected chi connectivity index (χ2v) is 3.08. The van der Waals surface area contributed by atoms with E-state index in [1.54, 1.807) is 6.07 Å². The Morgan fingerprint density at radius 1 is 1.45 bits per heavy atom. The summed E-state index contributed by atoms with van der Waals surface area (Å²) in [7, 11) is 0. The van der Waals surface area contributed by atoms with Crippen molar-refractivity contribution in [1.82, 2.24) is 0 Å². The predicted molar refractivity (Wildman–Crippen MR) is 48.3 cm³/mol. The SMILES string of the molecule is Nc1cc(F)ccc1CCBr. The lowest BCUT2D eigenvalue weighted by molar-refractivity contribution is 0.628. The molecule has 1 aromatic carbocycles. The number of hydrogen-bond donors (Lipinski definition) is 1. The van der Waals surface area contributed by atoms with Crippen LogP contribution in [-0.4, -0.2) is 5.33 Å². The zero-order chi connectivity index (χ0) is 8.27. The summed E-state index contributed by atoms with van der Waals surface area (Å²) in [6.45, 7) is 0. The van der Waals surface area contributed by atoms with Gasteiger partial charge in [0.05, 0.1) is 0 Å². The van der Waals surface area contributed by atoms with Crippen molar-refractivity contribution in [2.24, 2.45) is 0 Å². The molecule has 0 atom stereocenters. The summed E-state index contributed by atoms with van der Waals surface area (Å²) in [6.07, 6.45) is 0.839. The molecule has 0 heterocycles. The van der Waals surface area contributed by atoms with Crippen LogP contribution in [0.5, 0.6) is 0 Å². The van der Waals surface area contributed by atoms with Gasteiger partial charge in [-0.2, -0.15) is 0 Å². The van der Waals surface area contributed by atoms with Crippen LogP contribution in [0.1, 0.15) is 5.56 Å². The van der Waals surface area contributed by atoms with E-state index >= 15 is 0 Å². The van der Waals surface area contributed by atoms with E-state index < -0.39 is 0 Å². The van der Waals surface area contributed by atoms with Crippen molar-refractivity contribution in [3.8, 4) is 0 Å². The summed E-state index contributed by atoms with van der Waals surface area (Å²) in [5, 5.41) is 0.850. The lowest BCUT2D eigenvalue weighted by Gasteiger charge is -2.01. The number of nitrogen functional groups attached to an aromatic ring is 1. The molecule has 0 aliphatic carbocycles. The van der Waals surface area contributed by atoms with Gasteiger partial charge in [-0.25, -0.2) is 4.39 Å². The van der Waals surface area contributed by atoms with Gasteiger partial charge in [-0.1, -0.05) is 22.0 Å². The van der Waals surface area contributed by atoms with Crippen molar-refractivity contribution >= 4 is 21.6 Å². The molecule has 0 aliphatic rings. The largest absolute Gasteiger partial charge is 0.398 e. The average molecular weight is 218 g/mol. The maximum Gasteiger partial charge on any atom is 0.125 e. The van der Waals surface area contributed by atoms with E-state index in [0.717, 1.165) is 17.3 Å². The molecular weight excluding hydrogens is 209 g/mol. The van der Waals surface area contributed by atoms with Crippen LogP contribution in [0.15, 0.2) is 18.2 Å². The fourth-order valence-electron chi connectivity index (χ4n) is 0.895. The zero-order valence-corrected chi connectivity index (χ0v) is 7.57. The molecule has 11 heavy (non-hydrogen) atoms. The number of hydrogen-bond acceptors (Lipinski definition) is 1. The van der Waals surface area contributed by atoms with Crippen molar-refractivity contribution in [1.29, 1.82) is 0 Å². The van der Waals surface area contributed by atoms with Gasteiger partial charge in [0, 0.05) is 11.0 Å². The van der Waals surface area contributed by atoms with Crippen molar-refractivity contribution in [3.05, 3.63) is 29.6 Å². The molecule has 0 saturated heterocycles. The molecule has 1 nitrogen and oxygen atoms in total. The Kier molecular flexibility index (Phi) is 2.88. The highest BCUT2D eigenvalue weighted by Crippen LogP contribution is 2.14. The first-order valence-corrected chi connectivity index (χ1v) is 4.46. The Bertz CT molecular complexity index is 250. The minimum absolute atomic E-state index is 0.277. The summed E-state index contributed by atoms with van der Waals surface area (Å²) < 4.78 is 12.5. The molecule has 2 N–H and O–H groups in total. The molecule has 0 bridgehead atoms. The highest BCUT2D eigenvalue weighted by molar-refractivity contribution is 9.09. The molecular formula is C8H9BrFN. The summed E-state index contributed by atoms with van der Waals surface area (Å²) in [4.78, 5) is 0. The van der Waals surface area contributed by atoms with Gasteiger partial charge in [0.25, 0.3) is 0 Å². The van der Waals surface area contributed by atoms with Gasteiger partial charge in [-0.3, -0.25) is 0 Å². The van der Waals surface area contributed by atoms with Gasteiger partial charge in [0.1, 0.15) is 5.82 Å². The van der Waals surface area contributed by atoms with Crippen LogP contribution in [-0.2, 0) is 6.42 Å². The van der Waals surface area contributed by atoms with Gasteiger partial charge < -0.3 is 5.73 Å². The van der Waals surface area contributed by atoms with Crippen LogP contribution < -0.4 is 5.73 Å². The van der Waals surface area contributed by atoms with Gasteiger partial charge >= 0.3 is 0 Å². The van der Waals surface area contributed by atoms with Crippen molar-refractivity contribution in [3.63, 3.8) is 0 Å². The number of nitrogens with two attached hydrogens (primary N) is 1. The molecule has 0 unspecified atom stereocenters. The van der Waals surface area contributed by atoms with Gasteiger partial charge in [0.2, 0.25) is 0 Å². The van der Waals surface area contributed by atoms with Crippen LogP contribution in [0.3, 0.4) is 0 Å². The normalized spacial score (nSPS) is 10.0. The molecule has 0 amide bonds. The molecule has 0 spiro atoms. The average Bonchev–Trinajstić information content (AvgIpc) is 1.95. The molecule has 0 saturated carbocycles. The number of alkyl halides is 1. The maximum atomic E-state index is 12.5. The van der Waals surface area contributed by atoms with E-state index in [1.807, 2.05) is 0 Å².